The normalized spacial score (nSPS) is 11.6. The molecule has 0 spiro atoms. The molecule has 3 N–H and O–H groups in total. The molecule has 0 fully saturated rings. The highest BCUT2D eigenvalue weighted by atomic mass is 16.2. The van der Waals surface area contributed by atoms with E-state index < -0.39 is 5.41 Å². The van der Waals surface area contributed by atoms with Crippen LogP contribution in [0.2, 0.25) is 0 Å². The highest BCUT2D eigenvalue weighted by Crippen LogP contribution is 2.18. The van der Waals surface area contributed by atoms with Gasteiger partial charge in [0.15, 0.2) is 0 Å². The van der Waals surface area contributed by atoms with Crippen molar-refractivity contribution >= 4 is 5.91 Å². The Morgan fingerprint density at radius 2 is 2.06 bits per heavy atom. The standard InChI is InChI=1S/C13H22N4O/c1-4-17(9-11-5-7-15-8-6-11)10-13(2,3)12(18)16-14/h5-8H,4,9-10,14H2,1-3H3,(H,16,18). The molecule has 0 atom stereocenters. The molecular formula is C13H22N4O. The van der Waals surface area contributed by atoms with Gasteiger partial charge in [-0.1, -0.05) is 6.92 Å². The van der Waals surface area contributed by atoms with E-state index in [1.807, 2.05) is 26.0 Å². The minimum Gasteiger partial charge on any atom is -0.298 e. The second kappa shape index (κ2) is 6.47. The zero-order chi connectivity index (χ0) is 13.6. The van der Waals surface area contributed by atoms with E-state index in [9.17, 15) is 4.79 Å². The predicted octanol–water partition coefficient (Wildman–Crippen LogP) is 0.920. The Morgan fingerprint density at radius 3 is 2.56 bits per heavy atom. The molecule has 1 rings (SSSR count). The summed E-state index contributed by atoms with van der Waals surface area (Å²) in [5.74, 6) is 5.06. The van der Waals surface area contributed by atoms with Crippen LogP contribution in [0.4, 0.5) is 0 Å². The summed E-state index contributed by atoms with van der Waals surface area (Å²) >= 11 is 0. The van der Waals surface area contributed by atoms with E-state index in [1.165, 1.54) is 5.56 Å². The summed E-state index contributed by atoms with van der Waals surface area (Å²) in [6, 6.07) is 3.97. The summed E-state index contributed by atoms with van der Waals surface area (Å²) in [6.07, 6.45) is 3.56. The van der Waals surface area contributed by atoms with Crippen molar-refractivity contribution in [3.8, 4) is 0 Å². The SMILES string of the molecule is CCN(Cc1ccncc1)CC(C)(C)C(=O)NN. The molecule has 18 heavy (non-hydrogen) atoms. The van der Waals surface area contributed by atoms with Gasteiger partial charge in [0.2, 0.25) is 5.91 Å². The number of carbonyl (C=O) groups is 1. The van der Waals surface area contributed by atoms with Crippen LogP contribution in [0, 0.1) is 5.41 Å². The molecule has 0 aliphatic rings. The first-order chi connectivity index (χ1) is 8.49. The Balaban J connectivity index is 2.65. The third-order valence-electron chi connectivity index (χ3n) is 2.97. The van der Waals surface area contributed by atoms with Gasteiger partial charge in [-0.25, -0.2) is 5.84 Å². The Kier molecular flexibility index (Phi) is 5.25. The Hall–Kier alpha value is -1.46. The Bertz CT molecular complexity index is 378. The Morgan fingerprint density at radius 1 is 1.44 bits per heavy atom. The lowest BCUT2D eigenvalue weighted by Crippen LogP contribution is -2.47. The summed E-state index contributed by atoms with van der Waals surface area (Å²) in [7, 11) is 0. The number of rotatable bonds is 6. The van der Waals surface area contributed by atoms with Crippen molar-refractivity contribution in [3.63, 3.8) is 0 Å². The van der Waals surface area contributed by atoms with Gasteiger partial charge in [-0.05, 0) is 38.1 Å². The third-order valence-corrected chi connectivity index (χ3v) is 2.97. The minimum atomic E-state index is -0.502. The van der Waals surface area contributed by atoms with Crippen LogP contribution in [0.5, 0.6) is 0 Å². The van der Waals surface area contributed by atoms with Crippen LogP contribution in [0.1, 0.15) is 26.3 Å². The topological polar surface area (TPSA) is 71.2 Å². The van der Waals surface area contributed by atoms with Crippen molar-refractivity contribution in [2.45, 2.75) is 27.3 Å². The van der Waals surface area contributed by atoms with E-state index in [1.54, 1.807) is 12.4 Å². The molecule has 0 bridgehead atoms. The van der Waals surface area contributed by atoms with E-state index >= 15 is 0 Å². The molecule has 0 aromatic carbocycles. The molecule has 5 nitrogen and oxygen atoms in total. The van der Waals surface area contributed by atoms with Crippen LogP contribution in [0.3, 0.4) is 0 Å². The van der Waals surface area contributed by atoms with E-state index in [0.29, 0.717) is 6.54 Å². The van der Waals surface area contributed by atoms with Crippen molar-refractivity contribution < 1.29 is 4.79 Å². The smallest absolute Gasteiger partial charge is 0.240 e. The zero-order valence-electron chi connectivity index (χ0n) is 11.3. The number of hydrogen-bond acceptors (Lipinski definition) is 4. The van der Waals surface area contributed by atoms with Crippen LogP contribution in [0.25, 0.3) is 0 Å². The molecule has 0 aliphatic heterocycles. The highest BCUT2D eigenvalue weighted by Gasteiger charge is 2.29. The number of nitrogens with zero attached hydrogens (tertiary/aromatic N) is 2. The first-order valence-corrected chi connectivity index (χ1v) is 6.12. The average molecular weight is 250 g/mol. The molecular weight excluding hydrogens is 228 g/mol. The fraction of sp³-hybridized carbons (Fsp3) is 0.538. The van der Waals surface area contributed by atoms with E-state index in [4.69, 9.17) is 5.84 Å². The summed E-state index contributed by atoms with van der Waals surface area (Å²) in [4.78, 5) is 17.9. The number of nitrogens with two attached hydrogens (primary N) is 1. The van der Waals surface area contributed by atoms with Gasteiger partial charge in [0.1, 0.15) is 0 Å². The second-order valence-corrected chi connectivity index (χ2v) is 5.02. The van der Waals surface area contributed by atoms with Crippen molar-refractivity contribution in [2.75, 3.05) is 13.1 Å². The molecule has 0 saturated heterocycles. The molecule has 1 aromatic heterocycles. The van der Waals surface area contributed by atoms with Crippen molar-refractivity contribution in [1.82, 2.24) is 15.3 Å². The van der Waals surface area contributed by atoms with E-state index in [-0.39, 0.29) is 5.91 Å². The number of pyridine rings is 1. The number of carbonyl (C=O) groups excluding carboxylic acids is 1. The maximum atomic E-state index is 11.7. The van der Waals surface area contributed by atoms with Gasteiger partial charge in [0.25, 0.3) is 0 Å². The van der Waals surface area contributed by atoms with E-state index in [2.05, 4.69) is 22.2 Å². The number of hydrogen-bond donors (Lipinski definition) is 2. The lowest BCUT2D eigenvalue weighted by molar-refractivity contribution is -0.130. The predicted molar refractivity (Wildman–Crippen MR) is 71.3 cm³/mol. The van der Waals surface area contributed by atoms with Crippen LogP contribution in [-0.2, 0) is 11.3 Å². The van der Waals surface area contributed by atoms with Crippen LogP contribution < -0.4 is 11.3 Å². The average Bonchev–Trinajstić information content (AvgIpc) is 2.37. The maximum absolute atomic E-state index is 11.7. The number of nitrogens with one attached hydrogen (secondary N) is 1. The maximum Gasteiger partial charge on any atom is 0.240 e. The van der Waals surface area contributed by atoms with Crippen molar-refractivity contribution in [3.05, 3.63) is 30.1 Å². The Labute approximate surface area is 108 Å². The fourth-order valence-corrected chi connectivity index (χ4v) is 1.85. The lowest BCUT2D eigenvalue weighted by atomic mass is 9.91. The summed E-state index contributed by atoms with van der Waals surface area (Å²) in [5, 5.41) is 0. The highest BCUT2D eigenvalue weighted by molar-refractivity contribution is 5.81. The van der Waals surface area contributed by atoms with Gasteiger partial charge in [-0.3, -0.25) is 20.1 Å². The number of amides is 1. The van der Waals surface area contributed by atoms with Crippen LogP contribution in [-0.4, -0.2) is 28.9 Å². The van der Waals surface area contributed by atoms with E-state index in [0.717, 1.165) is 13.1 Å². The van der Waals surface area contributed by atoms with Gasteiger partial charge < -0.3 is 0 Å². The molecule has 5 heteroatoms. The zero-order valence-corrected chi connectivity index (χ0v) is 11.3. The van der Waals surface area contributed by atoms with Crippen molar-refractivity contribution in [2.24, 2.45) is 11.3 Å². The second-order valence-electron chi connectivity index (χ2n) is 5.02. The summed E-state index contributed by atoms with van der Waals surface area (Å²) < 4.78 is 0. The van der Waals surface area contributed by atoms with Crippen LogP contribution >= 0.6 is 0 Å². The molecule has 0 aliphatic carbocycles. The number of hydrazine groups is 1. The molecule has 0 unspecified atom stereocenters. The van der Waals surface area contributed by atoms with Gasteiger partial charge >= 0.3 is 0 Å². The lowest BCUT2D eigenvalue weighted by Gasteiger charge is -2.30. The third kappa shape index (κ3) is 4.09. The minimum absolute atomic E-state index is 0.143. The molecule has 1 amide bonds. The molecule has 1 heterocycles. The summed E-state index contributed by atoms with van der Waals surface area (Å²) in [5.41, 5.74) is 2.91. The molecule has 100 valence electrons. The monoisotopic (exact) mass is 250 g/mol. The summed E-state index contributed by atoms with van der Waals surface area (Å²) in [6.45, 7) is 8.21. The molecule has 1 aromatic rings. The first-order valence-electron chi connectivity index (χ1n) is 6.12. The molecule has 0 radical (unpaired) electrons. The van der Waals surface area contributed by atoms with Crippen LogP contribution in [0.15, 0.2) is 24.5 Å². The largest absolute Gasteiger partial charge is 0.298 e. The number of aromatic nitrogens is 1. The molecule has 0 saturated carbocycles. The van der Waals surface area contributed by atoms with Gasteiger partial charge in [-0.15, -0.1) is 0 Å². The van der Waals surface area contributed by atoms with Gasteiger partial charge in [0.05, 0.1) is 5.41 Å². The quantitative estimate of drug-likeness (QED) is 0.447. The fourth-order valence-electron chi connectivity index (χ4n) is 1.85. The first kappa shape index (κ1) is 14.6. The van der Waals surface area contributed by atoms with Crippen molar-refractivity contribution in [1.29, 1.82) is 0 Å². The van der Waals surface area contributed by atoms with Gasteiger partial charge in [0, 0.05) is 25.5 Å². The van der Waals surface area contributed by atoms with Gasteiger partial charge in [-0.2, -0.15) is 0 Å².